The standard InChI is InChI=1S/C16H18N4O3S/c1-10-8-12(2-3-13(10)20(22)23)15(21)19-16-18-9-14(24-16)11-4-6-17-7-5-11/h2-3,8-9,11,17H,4-7H2,1H3,(H,18,19,21). The Morgan fingerprint density at radius 2 is 2.17 bits per heavy atom. The van der Waals surface area contributed by atoms with Gasteiger partial charge in [0.25, 0.3) is 11.6 Å². The zero-order chi connectivity index (χ0) is 17.1. The minimum atomic E-state index is -0.455. The fourth-order valence-corrected chi connectivity index (χ4v) is 3.79. The average Bonchev–Trinajstić information content (AvgIpc) is 3.03. The highest BCUT2D eigenvalue weighted by atomic mass is 32.1. The first-order chi connectivity index (χ1) is 11.5. The molecule has 0 aliphatic carbocycles. The molecule has 0 saturated carbocycles. The molecular formula is C16H18N4O3S. The van der Waals surface area contributed by atoms with Crippen molar-refractivity contribution in [2.75, 3.05) is 18.4 Å². The van der Waals surface area contributed by atoms with Crippen molar-refractivity contribution in [2.45, 2.75) is 25.7 Å². The van der Waals surface area contributed by atoms with Gasteiger partial charge in [-0.2, -0.15) is 0 Å². The number of carbonyl (C=O) groups is 1. The van der Waals surface area contributed by atoms with Crippen molar-refractivity contribution in [3.05, 3.63) is 50.5 Å². The van der Waals surface area contributed by atoms with Gasteiger partial charge in [-0.1, -0.05) is 0 Å². The normalized spacial score (nSPS) is 15.2. The SMILES string of the molecule is Cc1cc(C(=O)Nc2ncc(C3CCNCC3)s2)ccc1[N+](=O)[O-]. The molecule has 0 radical (unpaired) electrons. The molecule has 1 fully saturated rings. The number of nitrogens with zero attached hydrogens (tertiary/aromatic N) is 2. The minimum absolute atomic E-state index is 0.00833. The molecule has 1 amide bonds. The zero-order valence-corrected chi connectivity index (χ0v) is 14.1. The molecule has 1 aliphatic rings. The van der Waals surface area contributed by atoms with Crippen molar-refractivity contribution in [3.8, 4) is 0 Å². The summed E-state index contributed by atoms with van der Waals surface area (Å²) in [5, 5.41) is 17.5. The van der Waals surface area contributed by atoms with Gasteiger partial charge in [-0.3, -0.25) is 20.2 Å². The number of hydrogen-bond donors (Lipinski definition) is 2. The second kappa shape index (κ2) is 7.06. The molecular weight excluding hydrogens is 328 g/mol. The predicted octanol–water partition coefficient (Wildman–Crippen LogP) is 3.08. The second-order valence-electron chi connectivity index (χ2n) is 5.80. The fraction of sp³-hybridized carbons (Fsp3) is 0.375. The topological polar surface area (TPSA) is 97.2 Å². The highest BCUT2D eigenvalue weighted by Gasteiger charge is 2.19. The quantitative estimate of drug-likeness (QED) is 0.655. The van der Waals surface area contributed by atoms with E-state index in [9.17, 15) is 14.9 Å². The lowest BCUT2D eigenvalue weighted by Gasteiger charge is -2.20. The molecule has 126 valence electrons. The van der Waals surface area contributed by atoms with E-state index >= 15 is 0 Å². The largest absolute Gasteiger partial charge is 0.317 e. The Morgan fingerprint density at radius 1 is 1.42 bits per heavy atom. The molecule has 2 heterocycles. The Bertz CT molecular complexity index is 768. The monoisotopic (exact) mass is 346 g/mol. The summed E-state index contributed by atoms with van der Waals surface area (Å²) >= 11 is 1.50. The van der Waals surface area contributed by atoms with Gasteiger partial charge in [0.2, 0.25) is 0 Å². The van der Waals surface area contributed by atoms with E-state index in [1.54, 1.807) is 6.92 Å². The van der Waals surface area contributed by atoms with Crippen molar-refractivity contribution in [2.24, 2.45) is 0 Å². The summed E-state index contributed by atoms with van der Waals surface area (Å²) in [6.45, 7) is 3.63. The van der Waals surface area contributed by atoms with Gasteiger partial charge in [0.15, 0.2) is 5.13 Å². The maximum absolute atomic E-state index is 12.3. The summed E-state index contributed by atoms with van der Waals surface area (Å²) in [5.74, 6) is 0.190. The summed E-state index contributed by atoms with van der Waals surface area (Å²) in [6, 6.07) is 4.34. The first kappa shape index (κ1) is 16.5. The zero-order valence-electron chi connectivity index (χ0n) is 13.2. The minimum Gasteiger partial charge on any atom is -0.317 e. The number of nitro groups is 1. The maximum atomic E-state index is 12.3. The van der Waals surface area contributed by atoms with Gasteiger partial charge in [0.05, 0.1) is 4.92 Å². The Balaban J connectivity index is 1.69. The molecule has 1 aromatic heterocycles. The molecule has 2 N–H and O–H groups in total. The number of hydrogen-bond acceptors (Lipinski definition) is 6. The van der Waals surface area contributed by atoms with Crippen LogP contribution in [0.1, 0.15) is 39.6 Å². The summed E-state index contributed by atoms with van der Waals surface area (Å²) < 4.78 is 0. The predicted molar refractivity (Wildman–Crippen MR) is 92.7 cm³/mol. The first-order valence-corrected chi connectivity index (χ1v) is 8.59. The third-order valence-corrected chi connectivity index (χ3v) is 5.22. The first-order valence-electron chi connectivity index (χ1n) is 7.77. The van der Waals surface area contributed by atoms with Crippen molar-refractivity contribution < 1.29 is 9.72 Å². The molecule has 24 heavy (non-hydrogen) atoms. The lowest BCUT2D eigenvalue weighted by atomic mass is 9.97. The molecule has 2 aromatic rings. The van der Waals surface area contributed by atoms with Gasteiger partial charge in [-0.05, 0) is 50.9 Å². The Labute approximate surface area is 143 Å². The summed E-state index contributed by atoms with van der Waals surface area (Å²) in [7, 11) is 0. The smallest absolute Gasteiger partial charge is 0.272 e. The summed E-state index contributed by atoms with van der Waals surface area (Å²) in [5.41, 5.74) is 0.855. The van der Waals surface area contributed by atoms with E-state index in [1.165, 1.54) is 34.4 Å². The number of thiazole rings is 1. The van der Waals surface area contributed by atoms with Crippen LogP contribution in [0.5, 0.6) is 0 Å². The van der Waals surface area contributed by atoms with Gasteiger partial charge in [0.1, 0.15) is 0 Å². The van der Waals surface area contributed by atoms with Gasteiger partial charge in [-0.25, -0.2) is 4.98 Å². The molecule has 1 aromatic carbocycles. The van der Waals surface area contributed by atoms with Crippen LogP contribution in [0.25, 0.3) is 0 Å². The van der Waals surface area contributed by atoms with E-state index in [0.717, 1.165) is 25.9 Å². The number of amides is 1. The van der Waals surface area contributed by atoms with E-state index in [1.807, 2.05) is 6.20 Å². The van der Waals surface area contributed by atoms with Crippen LogP contribution in [0, 0.1) is 17.0 Å². The third kappa shape index (κ3) is 3.60. The number of piperidine rings is 1. The Kier molecular flexibility index (Phi) is 4.86. The number of rotatable bonds is 4. The van der Waals surface area contributed by atoms with E-state index in [-0.39, 0.29) is 11.6 Å². The van der Waals surface area contributed by atoms with Crippen LogP contribution in [0.3, 0.4) is 0 Å². The van der Waals surface area contributed by atoms with Gasteiger partial charge in [0, 0.05) is 28.3 Å². The van der Waals surface area contributed by atoms with Gasteiger partial charge in [-0.15, -0.1) is 11.3 Å². The van der Waals surface area contributed by atoms with Crippen LogP contribution in [0.2, 0.25) is 0 Å². The number of carbonyl (C=O) groups excluding carboxylic acids is 1. The van der Waals surface area contributed by atoms with Crippen LogP contribution in [-0.2, 0) is 0 Å². The molecule has 1 saturated heterocycles. The van der Waals surface area contributed by atoms with Crippen LogP contribution >= 0.6 is 11.3 Å². The van der Waals surface area contributed by atoms with Crippen LogP contribution in [0.15, 0.2) is 24.4 Å². The van der Waals surface area contributed by atoms with Gasteiger partial charge < -0.3 is 5.32 Å². The van der Waals surface area contributed by atoms with Crippen molar-refractivity contribution >= 4 is 28.1 Å². The molecule has 7 nitrogen and oxygen atoms in total. The fourth-order valence-electron chi connectivity index (χ4n) is 2.81. The highest BCUT2D eigenvalue weighted by molar-refractivity contribution is 7.15. The van der Waals surface area contributed by atoms with Crippen molar-refractivity contribution in [1.82, 2.24) is 10.3 Å². The van der Waals surface area contributed by atoms with E-state index in [2.05, 4.69) is 15.6 Å². The molecule has 0 spiro atoms. The molecule has 8 heteroatoms. The number of benzene rings is 1. The Hall–Kier alpha value is -2.32. The van der Waals surface area contributed by atoms with E-state index < -0.39 is 4.92 Å². The van der Waals surface area contributed by atoms with E-state index in [4.69, 9.17) is 0 Å². The second-order valence-corrected chi connectivity index (χ2v) is 6.87. The highest BCUT2D eigenvalue weighted by Crippen LogP contribution is 2.32. The number of aryl methyl sites for hydroxylation is 1. The number of aromatic nitrogens is 1. The van der Waals surface area contributed by atoms with Crippen LogP contribution in [0.4, 0.5) is 10.8 Å². The van der Waals surface area contributed by atoms with Crippen LogP contribution in [-0.4, -0.2) is 28.9 Å². The maximum Gasteiger partial charge on any atom is 0.272 e. The van der Waals surface area contributed by atoms with Crippen molar-refractivity contribution in [1.29, 1.82) is 0 Å². The van der Waals surface area contributed by atoms with Crippen LogP contribution < -0.4 is 10.6 Å². The molecule has 0 bridgehead atoms. The Morgan fingerprint density at radius 3 is 2.83 bits per heavy atom. The van der Waals surface area contributed by atoms with Crippen molar-refractivity contribution in [3.63, 3.8) is 0 Å². The lowest BCUT2D eigenvalue weighted by molar-refractivity contribution is -0.385. The summed E-state index contributed by atoms with van der Waals surface area (Å²) in [6.07, 6.45) is 3.99. The number of nitro benzene ring substituents is 1. The van der Waals surface area contributed by atoms with E-state index in [0.29, 0.717) is 22.2 Å². The molecule has 0 unspecified atom stereocenters. The summed E-state index contributed by atoms with van der Waals surface area (Å²) in [4.78, 5) is 28.2. The third-order valence-electron chi connectivity index (χ3n) is 4.14. The van der Waals surface area contributed by atoms with Gasteiger partial charge >= 0.3 is 0 Å². The lowest BCUT2D eigenvalue weighted by Crippen LogP contribution is -2.26. The molecule has 3 rings (SSSR count). The molecule has 1 aliphatic heterocycles. The number of anilines is 1. The number of nitrogens with one attached hydrogen (secondary N) is 2. The molecule has 0 atom stereocenters. The average molecular weight is 346 g/mol.